The summed E-state index contributed by atoms with van der Waals surface area (Å²) in [5.41, 5.74) is -0.133. The first-order chi connectivity index (χ1) is 16.7. The molecular formula is C26H30ClN3O6. The van der Waals surface area contributed by atoms with Gasteiger partial charge < -0.3 is 15.5 Å². The topological polar surface area (TPSA) is 133 Å². The Labute approximate surface area is 215 Å². The van der Waals surface area contributed by atoms with Gasteiger partial charge in [0.05, 0.1) is 10.5 Å². The van der Waals surface area contributed by atoms with E-state index in [0.717, 1.165) is 12.0 Å². The van der Waals surface area contributed by atoms with Crippen molar-refractivity contribution in [3.63, 3.8) is 0 Å². The number of nitrogens with zero attached hydrogens (tertiary/aromatic N) is 2. The van der Waals surface area contributed by atoms with Gasteiger partial charge in [0, 0.05) is 42.4 Å². The van der Waals surface area contributed by atoms with Crippen LogP contribution < -0.4 is 5.32 Å². The van der Waals surface area contributed by atoms with Crippen LogP contribution in [0.5, 0.6) is 0 Å². The Morgan fingerprint density at radius 2 is 1.86 bits per heavy atom. The average Bonchev–Trinajstić information content (AvgIpc) is 3.27. The van der Waals surface area contributed by atoms with Crippen molar-refractivity contribution in [3.05, 3.63) is 87.1 Å². The first-order valence-corrected chi connectivity index (χ1v) is 11.6. The van der Waals surface area contributed by atoms with Gasteiger partial charge in [-0.05, 0) is 44.4 Å². The Hall–Kier alpha value is -3.43. The minimum atomic E-state index is -1.58. The quantitative estimate of drug-likeness (QED) is 0.369. The molecule has 2 aromatic carbocycles. The van der Waals surface area contributed by atoms with E-state index < -0.39 is 40.3 Å². The number of likely N-dealkylation sites (tertiary alicyclic amines) is 1. The highest BCUT2D eigenvalue weighted by molar-refractivity contribution is 5.93. The molecule has 2 aromatic rings. The fraction of sp³-hybridized carbons (Fsp3) is 0.385. The van der Waals surface area contributed by atoms with Gasteiger partial charge in [-0.3, -0.25) is 19.8 Å². The van der Waals surface area contributed by atoms with Gasteiger partial charge in [-0.25, -0.2) is 4.79 Å². The number of benzene rings is 2. The first-order valence-electron chi connectivity index (χ1n) is 11.6. The highest BCUT2D eigenvalue weighted by Gasteiger charge is 2.62. The third kappa shape index (κ3) is 4.56. The van der Waals surface area contributed by atoms with E-state index in [1.165, 1.54) is 18.2 Å². The van der Waals surface area contributed by atoms with E-state index in [4.69, 9.17) is 0 Å². The van der Waals surface area contributed by atoms with E-state index in [2.05, 4.69) is 10.2 Å². The molecule has 0 bridgehead atoms. The van der Waals surface area contributed by atoms with E-state index >= 15 is 0 Å². The van der Waals surface area contributed by atoms with Crippen molar-refractivity contribution in [1.82, 2.24) is 10.2 Å². The van der Waals surface area contributed by atoms with Gasteiger partial charge in [0.25, 0.3) is 5.69 Å². The highest BCUT2D eigenvalue weighted by Crippen LogP contribution is 2.54. The van der Waals surface area contributed by atoms with E-state index in [0.29, 0.717) is 30.8 Å². The Kier molecular flexibility index (Phi) is 8.05. The summed E-state index contributed by atoms with van der Waals surface area (Å²) in [6.07, 6.45) is 1.34. The number of carboxylic acids is 2. The number of hydrogen-bond acceptors (Lipinski definition) is 6. The number of nitro groups is 1. The number of hydrogen-bond donors (Lipinski definition) is 3. The zero-order chi connectivity index (χ0) is 25.3. The molecule has 2 heterocycles. The second-order valence-corrected chi connectivity index (χ2v) is 9.35. The van der Waals surface area contributed by atoms with Gasteiger partial charge in [-0.1, -0.05) is 42.5 Å². The monoisotopic (exact) mass is 515 g/mol. The summed E-state index contributed by atoms with van der Waals surface area (Å²) in [4.78, 5) is 39.0. The molecule has 10 heteroatoms. The average molecular weight is 516 g/mol. The van der Waals surface area contributed by atoms with Crippen molar-refractivity contribution in [2.45, 2.75) is 51.2 Å². The predicted molar refractivity (Wildman–Crippen MR) is 136 cm³/mol. The molecule has 2 aliphatic heterocycles. The second kappa shape index (κ2) is 10.7. The fourth-order valence-corrected chi connectivity index (χ4v) is 6.08. The van der Waals surface area contributed by atoms with E-state index in [9.17, 15) is 29.9 Å². The number of nitro benzene ring substituents is 1. The summed E-state index contributed by atoms with van der Waals surface area (Å²) in [6.45, 7) is 4.58. The van der Waals surface area contributed by atoms with Crippen molar-refractivity contribution in [3.8, 4) is 0 Å². The predicted octanol–water partition coefficient (Wildman–Crippen LogP) is 4.19. The van der Waals surface area contributed by atoms with E-state index in [1.807, 2.05) is 30.3 Å². The first kappa shape index (κ1) is 27.2. The van der Waals surface area contributed by atoms with Crippen LogP contribution in [0.3, 0.4) is 0 Å². The van der Waals surface area contributed by atoms with E-state index in [-0.39, 0.29) is 23.7 Å². The fourth-order valence-electron chi connectivity index (χ4n) is 6.08. The van der Waals surface area contributed by atoms with Gasteiger partial charge in [-0.2, -0.15) is 0 Å². The SMILES string of the molecule is CC1=C(C(=O)O)C(c2cccc([N+](=O)[O-])c2)C(C(=O)O)([C@@H]2CCCN2Cc2ccccc2)[C@H](C)N1.Cl. The summed E-state index contributed by atoms with van der Waals surface area (Å²) >= 11 is 0. The molecular weight excluding hydrogens is 486 g/mol. The number of carbonyl (C=O) groups is 2. The van der Waals surface area contributed by atoms with Crippen molar-refractivity contribution in [2.24, 2.45) is 5.41 Å². The Bertz CT molecular complexity index is 1190. The molecule has 1 saturated heterocycles. The molecule has 1 fully saturated rings. The lowest BCUT2D eigenvalue weighted by Gasteiger charge is -2.52. The molecule has 0 spiro atoms. The Morgan fingerprint density at radius 3 is 2.47 bits per heavy atom. The van der Waals surface area contributed by atoms with Crippen LogP contribution in [0.25, 0.3) is 0 Å². The lowest BCUT2D eigenvalue weighted by atomic mass is 9.58. The molecule has 192 valence electrons. The second-order valence-electron chi connectivity index (χ2n) is 9.35. The molecule has 4 atom stereocenters. The van der Waals surface area contributed by atoms with Gasteiger partial charge in [0.15, 0.2) is 0 Å². The van der Waals surface area contributed by atoms with Gasteiger partial charge in [-0.15, -0.1) is 12.4 Å². The van der Waals surface area contributed by atoms with Gasteiger partial charge in [0.2, 0.25) is 0 Å². The lowest BCUT2D eigenvalue weighted by Crippen LogP contribution is -2.64. The number of aliphatic carboxylic acids is 2. The Balaban J connectivity index is 0.00000361. The molecule has 2 unspecified atom stereocenters. The summed E-state index contributed by atoms with van der Waals surface area (Å²) in [6, 6.07) is 14.3. The summed E-state index contributed by atoms with van der Waals surface area (Å²) in [5, 5.41) is 35.8. The zero-order valence-corrected chi connectivity index (χ0v) is 20.9. The smallest absolute Gasteiger partial charge is 0.333 e. The molecule has 2 aliphatic rings. The number of non-ortho nitro benzene ring substituents is 1. The van der Waals surface area contributed by atoms with Crippen molar-refractivity contribution in [2.75, 3.05) is 6.54 Å². The minimum absolute atomic E-state index is 0. The highest BCUT2D eigenvalue weighted by atomic mass is 35.5. The zero-order valence-electron chi connectivity index (χ0n) is 20.1. The van der Waals surface area contributed by atoms with Gasteiger partial charge >= 0.3 is 11.9 Å². The van der Waals surface area contributed by atoms with E-state index in [1.54, 1.807) is 19.9 Å². The van der Waals surface area contributed by atoms with Crippen LogP contribution in [-0.4, -0.2) is 50.6 Å². The van der Waals surface area contributed by atoms with Crippen LogP contribution in [0, 0.1) is 15.5 Å². The number of allylic oxidation sites excluding steroid dienone is 1. The minimum Gasteiger partial charge on any atom is -0.481 e. The maximum atomic E-state index is 13.3. The third-order valence-electron chi connectivity index (χ3n) is 7.48. The molecule has 3 N–H and O–H groups in total. The molecule has 36 heavy (non-hydrogen) atoms. The third-order valence-corrected chi connectivity index (χ3v) is 7.48. The summed E-state index contributed by atoms with van der Waals surface area (Å²) in [5.74, 6) is -3.45. The maximum Gasteiger partial charge on any atom is 0.333 e. The number of halogens is 1. The van der Waals surface area contributed by atoms with Crippen LogP contribution in [0.4, 0.5) is 5.69 Å². The van der Waals surface area contributed by atoms with Crippen LogP contribution in [-0.2, 0) is 16.1 Å². The standard InChI is InChI=1S/C26H29N3O6.ClH/c1-16-22(24(30)31)23(19-10-6-11-20(14-19)29(34)35)26(25(32)33,17(2)27-16)21-12-7-13-28(21)15-18-8-4-3-5-9-18;/h3-6,8-11,14,17,21,23,27H,7,12-13,15H2,1-2H3,(H,30,31)(H,32,33);1H/t17-,21-,23?,26?;/m0./s1. The molecule has 0 aromatic heterocycles. The molecule has 0 aliphatic carbocycles. The van der Waals surface area contributed by atoms with Crippen LogP contribution >= 0.6 is 12.4 Å². The molecule has 0 amide bonds. The van der Waals surface area contributed by atoms with Crippen LogP contribution in [0.1, 0.15) is 43.7 Å². The van der Waals surface area contributed by atoms with Crippen molar-refractivity contribution >= 4 is 30.0 Å². The van der Waals surface area contributed by atoms with Gasteiger partial charge in [0.1, 0.15) is 5.41 Å². The number of nitrogens with one attached hydrogen (secondary N) is 1. The largest absolute Gasteiger partial charge is 0.481 e. The van der Waals surface area contributed by atoms with Crippen molar-refractivity contribution < 1.29 is 24.7 Å². The maximum absolute atomic E-state index is 13.3. The summed E-state index contributed by atoms with van der Waals surface area (Å²) < 4.78 is 0. The Morgan fingerprint density at radius 1 is 1.17 bits per heavy atom. The number of rotatable bonds is 7. The summed E-state index contributed by atoms with van der Waals surface area (Å²) in [7, 11) is 0. The number of carboxylic acid groups (broad SMARTS) is 2. The lowest BCUT2D eigenvalue weighted by molar-refractivity contribution is -0.384. The normalized spacial score (nSPS) is 26.1. The van der Waals surface area contributed by atoms with Crippen LogP contribution in [0.15, 0.2) is 65.9 Å². The van der Waals surface area contributed by atoms with Crippen molar-refractivity contribution in [1.29, 1.82) is 0 Å². The molecule has 0 radical (unpaired) electrons. The van der Waals surface area contributed by atoms with Crippen LogP contribution in [0.2, 0.25) is 0 Å². The molecule has 4 rings (SSSR count). The molecule has 9 nitrogen and oxygen atoms in total. The molecule has 0 saturated carbocycles.